The van der Waals surface area contributed by atoms with Crippen LogP contribution >= 0.6 is 11.6 Å². The molecule has 2 aromatic carbocycles. The van der Waals surface area contributed by atoms with Crippen molar-refractivity contribution in [1.29, 1.82) is 0 Å². The van der Waals surface area contributed by atoms with Crippen LogP contribution in [0.2, 0.25) is 5.02 Å². The number of rotatable bonds is 7. The molecule has 1 heterocycles. The highest BCUT2D eigenvalue weighted by Crippen LogP contribution is 2.39. The average Bonchev–Trinajstić information content (AvgIpc) is 2.86. The first-order valence-electron chi connectivity index (χ1n) is 9.67. The molecule has 174 valence electrons. The summed E-state index contributed by atoms with van der Waals surface area (Å²) < 4.78 is 26.0. The monoisotopic (exact) mass is 475 g/mol. The summed E-state index contributed by atoms with van der Waals surface area (Å²) in [6, 6.07) is 9.35. The van der Waals surface area contributed by atoms with Gasteiger partial charge in [0.15, 0.2) is 17.3 Å². The molecule has 1 aliphatic rings. The Balaban J connectivity index is 2.27. The van der Waals surface area contributed by atoms with Gasteiger partial charge in [0.1, 0.15) is 12.4 Å². The van der Waals surface area contributed by atoms with Gasteiger partial charge in [0.25, 0.3) is 0 Å². The molecule has 0 radical (unpaired) electrons. The molecule has 10 heteroatoms. The molecule has 0 unspecified atom stereocenters. The number of anilines is 1. The van der Waals surface area contributed by atoms with Crippen LogP contribution in [0.5, 0.6) is 11.5 Å². The fourth-order valence-corrected chi connectivity index (χ4v) is 3.49. The molecule has 2 aromatic rings. The molecule has 1 aliphatic heterocycles. The summed E-state index contributed by atoms with van der Waals surface area (Å²) in [6.07, 6.45) is 0. The fourth-order valence-electron chi connectivity index (χ4n) is 3.36. The Kier molecular flexibility index (Phi) is 7.57. The topological polar surface area (TPSA) is 101 Å². The van der Waals surface area contributed by atoms with Gasteiger partial charge in [0, 0.05) is 16.7 Å². The Hall–Kier alpha value is -3.56. The Bertz CT molecular complexity index is 1110. The minimum atomic E-state index is -0.793. The van der Waals surface area contributed by atoms with Crippen LogP contribution < -0.4 is 14.4 Å². The smallest absolute Gasteiger partial charge is 0.355 e. The van der Waals surface area contributed by atoms with Crippen molar-refractivity contribution < 1.29 is 38.1 Å². The van der Waals surface area contributed by atoms with Crippen LogP contribution in [0.3, 0.4) is 0 Å². The Labute approximate surface area is 195 Å². The number of esters is 2. The van der Waals surface area contributed by atoms with E-state index in [4.69, 9.17) is 35.3 Å². The second-order valence-corrected chi connectivity index (χ2v) is 7.21. The normalized spacial score (nSPS) is 13.4. The summed E-state index contributed by atoms with van der Waals surface area (Å²) in [6.45, 7) is -0.303. The van der Waals surface area contributed by atoms with Crippen molar-refractivity contribution in [2.45, 2.75) is 0 Å². The molecule has 0 atom stereocenters. The van der Waals surface area contributed by atoms with Crippen LogP contribution in [0.4, 0.5) is 5.69 Å². The zero-order chi connectivity index (χ0) is 24.1. The molecule has 33 heavy (non-hydrogen) atoms. The lowest BCUT2D eigenvalue weighted by atomic mass is 9.99. The van der Waals surface area contributed by atoms with Crippen molar-refractivity contribution in [2.24, 2.45) is 0 Å². The molecule has 0 amide bonds. The van der Waals surface area contributed by atoms with E-state index in [2.05, 4.69) is 0 Å². The van der Waals surface area contributed by atoms with Crippen molar-refractivity contribution >= 4 is 35.0 Å². The first-order valence-corrected chi connectivity index (χ1v) is 10.0. The maximum atomic E-state index is 13.5. The number of halogens is 1. The third-order valence-electron chi connectivity index (χ3n) is 4.98. The van der Waals surface area contributed by atoms with Gasteiger partial charge < -0.3 is 28.6 Å². The lowest BCUT2D eigenvalue weighted by molar-refractivity contribution is -0.140. The molecule has 0 saturated heterocycles. The van der Waals surface area contributed by atoms with Crippen molar-refractivity contribution in [3.8, 4) is 11.5 Å². The largest absolute Gasteiger partial charge is 0.493 e. The summed E-state index contributed by atoms with van der Waals surface area (Å²) in [4.78, 5) is 39.9. The van der Waals surface area contributed by atoms with E-state index in [1.165, 1.54) is 45.5 Å². The molecule has 0 aliphatic carbocycles. The van der Waals surface area contributed by atoms with Crippen LogP contribution in [0.25, 0.3) is 0 Å². The first kappa shape index (κ1) is 24.1. The van der Waals surface area contributed by atoms with Crippen molar-refractivity contribution in [3.63, 3.8) is 0 Å². The molecular weight excluding hydrogens is 454 g/mol. The van der Waals surface area contributed by atoms with E-state index in [1.54, 1.807) is 24.3 Å². The lowest BCUT2D eigenvalue weighted by Crippen LogP contribution is -2.39. The quantitative estimate of drug-likeness (QED) is 0.441. The van der Waals surface area contributed by atoms with Crippen LogP contribution in [0.1, 0.15) is 15.9 Å². The van der Waals surface area contributed by atoms with Gasteiger partial charge in [-0.3, -0.25) is 4.79 Å². The number of methoxy groups -OCH3 is 4. The third kappa shape index (κ3) is 4.79. The minimum Gasteiger partial charge on any atom is -0.493 e. The number of benzene rings is 2. The van der Waals surface area contributed by atoms with Gasteiger partial charge in [-0.25, -0.2) is 9.59 Å². The van der Waals surface area contributed by atoms with Crippen LogP contribution in [0.15, 0.2) is 47.7 Å². The molecule has 3 rings (SSSR count). The number of carbonyl (C=O) groups is 3. The predicted molar refractivity (Wildman–Crippen MR) is 119 cm³/mol. The van der Waals surface area contributed by atoms with Crippen molar-refractivity contribution in [3.05, 3.63) is 63.8 Å². The van der Waals surface area contributed by atoms with Gasteiger partial charge >= 0.3 is 11.9 Å². The molecular formula is C23H22ClNO8. The maximum Gasteiger partial charge on any atom is 0.355 e. The molecule has 9 nitrogen and oxygen atoms in total. The fraction of sp³-hybridized carbons (Fsp3) is 0.261. The maximum absolute atomic E-state index is 13.5. The lowest BCUT2D eigenvalue weighted by Gasteiger charge is -2.32. The van der Waals surface area contributed by atoms with Crippen molar-refractivity contribution in [2.75, 3.05) is 46.7 Å². The summed E-state index contributed by atoms with van der Waals surface area (Å²) in [7, 11) is 5.25. The molecule has 0 fully saturated rings. The summed E-state index contributed by atoms with van der Waals surface area (Å²) >= 11 is 5.96. The van der Waals surface area contributed by atoms with Gasteiger partial charge in [-0.15, -0.1) is 0 Å². The van der Waals surface area contributed by atoms with Gasteiger partial charge in [-0.2, -0.15) is 0 Å². The first-order chi connectivity index (χ1) is 15.9. The predicted octanol–water partition coefficient (Wildman–Crippen LogP) is 2.98. The zero-order valence-electron chi connectivity index (χ0n) is 18.5. The molecule has 0 N–H and O–H groups in total. The summed E-state index contributed by atoms with van der Waals surface area (Å²) in [5.74, 6) is -1.33. The molecule has 0 spiro atoms. The van der Waals surface area contributed by atoms with E-state index < -0.39 is 11.9 Å². The van der Waals surface area contributed by atoms with E-state index in [-0.39, 0.29) is 41.6 Å². The van der Waals surface area contributed by atoms with Gasteiger partial charge in [-0.05, 0) is 30.3 Å². The van der Waals surface area contributed by atoms with E-state index >= 15 is 0 Å². The van der Waals surface area contributed by atoms with E-state index in [0.29, 0.717) is 22.1 Å². The highest BCUT2D eigenvalue weighted by molar-refractivity contribution is 6.30. The second kappa shape index (κ2) is 10.4. The number of hydrogen-bond donors (Lipinski definition) is 0. The van der Waals surface area contributed by atoms with Gasteiger partial charge in [-0.1, -0.05) is 11.6 Å². The summed E-state index contributed by atoms with van der Waals surface area (Å²) in [5, 5.41) is 0.474. The number of hydrogen-bond acceptors (Lipinski definition) is 9. The Morgan fingerprint density at radius 1 is 0.909 bits per heavy atom. The van der Waals surface area contributed by atoms with Crippen LogP contribution in [-0.4, -0.2) is 59.5 Å². The Morgan fingerprint density at radius 2 is 1.52 bits per heavy atom. The number of carbonyl (C=O) groups excluding carboxylic acids is 3. The highest BCUT2D eigenvalue weighted by atomic mass is 35.5. The average molecular weight is 476 g/mol. The zero-order valence-corrected chi connectivity index (χ0v) is 19.2. The second-order valence-electron chi connectivity index (χ2n) is 6.78. The standard InChI is InChI=1S/C23H22ClNO8/c1-29-18-9-15(21(26)13-5-7-14(24)8-6-13)17(10-19(18)30-2)25-12-33-11-16(22(27)31-3)20(25)23(28)32-4/h5-10H,11-12H2,1-4H3. The van der Waals surface area contributed by atoms with Gasteiger partial charge in [0.2, 0.25) is 0 Å². The number of nitrogens with zero attached hydrogens (tertiary/aromatic N) is 1. The minimum absolute atomic E-state index is 0.0460. The van der Waals surface area contributed by atoms with E-state index in [1.807, 2.05) is 0 Å². The highest BCUT2D eigenvalue weighted by Gasteiger charge is 2.35. The van der Waals surface area contributed by atoms with Gasteiger partial charge in [0.05, 0.1) is 51.9 Å². The van der Waals surface area contributed by atoms with Crippen LogP contribution in [0, 0.1) is 0 Å². The molecule has 0 saturated carbocycles. The van der Waals surface area contributed by atoms with Crippen LogP contribution in [-0.2, 0) is 23.8 Å². The Morgan fingerprint density at radius 3 is 2.09 bits per heavy atom. The number of ketones is 1. The number of ether oxygens (including phenoxy) is 5. The summed E-state index contributed by atoms with van der Waals surface area (Å²) in [5.41, 5.74) is 0.617. The van der Waals surface area contributed by atoms with E-state index in [9.17, 15) is 14.4 Å². The SMILES string of the molecule is COC(=O)C1=C(C(=O)OC)N(c2cc(OC)c(OC)cc2C(=O)c2ccc(Cl)cc2)COC1. The molecule has 0 bridgehead atoms. The van der Waals surface area contributed by atoms with Crippen molar-refractivity contribution in [1.82, 2.24) is 0 Å². The molecule has 0 aromatic heterocycles. The van der Waals surface area contributed by atoms with E-state index in [0.717, 1.165) is 0 Å². The third-order valence-corrected chi connectivity index (χ3v) is 5.23.